The molecule has 0 saturated heterocycles. The van der Waals surface area contributed by atoms with Crippen molar-refractivity contribution in [3.05, 3.63) is 0 Å². The minimum atomic E-state index is -0.362. The summed E-state index contributed by atoms with van der Waals surface area (Å²) in [6, 6.07) is 0. The number of unbranched alkanes of at least 4 members (excludes halogenated alkanes) is 3. The lowest BCUT2D eigenvalue weighted by Crippen LogP contribution is -2.46. The molecule has 1 aliphatic carbocycles. The van der Waals surface area contributed by atoms with Crippen molar-refractivity contribution in [1.29, 1.82) is 0 Å². The molecule has 1 saturated carbocycles. The Morgan fingerprint density at radius 2 is 1.68 bits per heavy atom. The van der Waals surface area contributed by atoms with Crippen molar-refractivity contribution in [3.63, 3.8) is 0 Å². The van der Waals surface area contributed by atoms with Gasteiger partial charge in [-0.3, -0.25) is 9.59 Å². The van der Waals surface area contributed by atoms with Crippen LogP contribution in [0.15, 0.2) is 0 Å². The predicted molar refractivity (Wildman–Crippen MR) is 92.0 cm³/mol. The Bertz CT molecular complexity index is 342. The highest BCUT2D eigenvalue weighted by Crippen LogP contribution is 2.38. The molecule has 0 aliphatic heterocycles. The van der Waals surface area contributed by atoms with Crippen molar-refractivity contribution in [2.24, 2.45) is 11.1 Å². The topological polar surface area (TPSA) is 75.4 Å². The molecule has 5 nitrogen and oxygen atoms in total. The molecule has 22 heavy (non-hydrogen) atoms. The molecule has 0 bridgehead atoms. The Kier molecular flexibility index (Phi) is 10.4. The number of nitrogens with one attached hydrogen (secondary N) is 1. The van der Waals surface area contributed by atoms with E-state index in [-0.39, 0.29) is 29.6 Å². The first-order valence-corrected chi connectivity index (χ1v) is 8.20. The summed E-state index contributed by atoms with van der Waals surface area (Å²) in [5, 5.41) is 2.98. The maximum Gasteiger partial charge on any atom is 0.230 e. The zero-order valence-electron chi connectivity index (χ0n) is 14.0. The zero-order valence-corrected chi connectivity index (χ0v) is 14.8. The first-order chi connectivity index (χ1) is 10.0. The van der Waals surface area contributed by atoms with E-state index in [4.69, 9.17) is 5.73 Å². The molecule has 1 aliphatic rings. The lowest BCUT2D eigenvalue weighted by Gasteiger charge is -2.30. The molecule has 0 aromatic carbocycles. The molecule has 130 valence electrons. The van der Waals surface area contributed by atoms with E-state index in [0.29, 0.717) is 13.0 Å². The number of nitrogens with two attached hydrogens (primary N) is 1. The normalized spacial score (nSPS) is 16.0. The summed E-state index contributed by atoms with van der Waals surface area (Å²) in [6.07, 6.45) is 8.56. The van der Waals surface area contributed by atoms with Gasteiger partial charge in [0.15, 0.2) is 0 Å². The highest BCUT2D eigenvalue weighted by atomic mass is 35.5. The molecule has 2 amide bonds. The van der Waals surface area contributed by atoms with Crippen molar-refractivity contribution in [2.75, 3.05) is 27.2 Å². The highest BCUT2D eigenvalue weighted by Gasteiger charge is 2.42. The number of hydrogen-bond donors (Lipinski definition) is 2. The third-order valence-electron chi connectivity index (χ3n) is 4.40. The van der Waals surface area contributed by atoms with Gasteiger partial charge in [0.1, 0.15) is 0 Å². The van der Waals surface area contributed by atoms with Gasteiger partial charge in [-0.15, -0.1) is 12.4 Å². The molecule has 0 aromatic rings. The summed E-state index contributed by atoms with van der Waals surface area (Å²) in [4.78, 5) is 25.9. The molecule has 1 fully saturated rings. The summed E-state index contributed by atoms with van der Waals surface area (Å²) >= 11 is 0. The minimum absolute atomic E-state index is 0. The van der Waals surface area contributed by atoms with Gasteiger partial charge < -0.3 is 16.0 Å². The number of rotatable bonds is 9. The molecule has 0 atom stereocenters. The Morgan fingerprint density at radius 3 is 2.23 bits per heavy atom. The lowest BCUT2D eigenvalue weighted by molar-refractivity contribution is -0.139. The third kappa shape index (κ3) is 6.53. The van der Waals surface area contributed by atoms with Crippen molar-refractivity contribution >= 4 is 24.2 Å². The van der Waals surface area contributed by atoms with Crippen molar-refractivity contribution in [2.45, 2.75) is 57.8 Å². The smallest absolute Gasteiger partial charge is 0.230 e. The van der Waals surface area contributed by atoms with Crippen LogP contribution >= 0.6 is 12.4 Å². The summed E-state index contributed by atoms with van der Waals surface area (Å²) in [7, 11) is 3.59. The largest absolute Gasteiger partial charge is 0.355 e. The van der Waals surface area contributed by atoms with Gasteiger partial charge >= 0.3 is 0 Å². The van der Waals surface area contributed by atoms with Gasteiger partial charge in [-0.05, 0) is 32.2 Å². The lowest BCUT2D eigenvalue weighted by atomic mass is 9.84. The SMILES string of the molecule is CN(C)C(=O)C1(CNC(=O)CCCCCCN)CCCC1.Cl. The molecular weight excluding hydrogens is 302 g/mol. The number of nitrogens with zero attached hydrogens (tertiary/aromatic N) is 1. The number of carbonyl (C=O) groups excluding carboxylic acids is 2. The van der Waals surface area contributed by atoms with E-state index in [1.54, 1.807) is 19.0 Å². The molecule has 0 aromatic heterocycles. The van der Waals surface area contributed by atoms with E-state index < -0.39 is 0 Å². The summed E-state index contributed by atoms with van der Waals surface area (Å²) in [6.45, 7) is 1.22. The average Bonchev–Trinajstić information content (AvgIpc) is 2.94. The molecule has 3 N–H and O–H groups in total. The van der Waals surface area contributed by atoms with Gasteiger partial charge in [0.2, 0.25) is 11.8 Å². The van der Waals surface area contributed by atoms with Crippen LogP contribution in [0.2, 0.25) is 0 Å². The van der Waals surface area contributed by atoms with E-state index in [0.717, 1.165) is 57.9 Å². The van der Waals surface area contributed by atoms with Gasteiger partial charge in [0.05, 0.1) is 5.41 Å². The maximum atomic E-state index is 12.4. The predicted octanol–water partition coefficient (Wildman–Crippen LogP) is 2.08. The second-order valence-electron chi connectivity index (χ2n) is 6.42. The second kappa shape index (κ2) is 10.8. The Hall–Kier alpha value is -0.810. The van der Waals surface area contributed by atoms with Crippen LogP contribution in [0.1, 0.15) is 57.8 Å². The molecule has 0 unspecified atom stereocenters. The third-order valence-corrected chi connectivity index (χ3v) is 4.40. The molecule has 0 heterocycles. The molecule has 0 radical (unpaired) electrons. The Balaban J connectivity index is 0.00000441. The summed E-state index contributed by atoms with van der Waals surface area (Å²) in [5.41, 5.74) is 5.08. The first kappa shape index (κ1) is 21.2. The van der Waals surface area contributed by atoms with E-state index in [1.807, 2.05) is 0 Å². The van der Waals surface area contributed by atoms with Gasteiger partial charge in [-0.25, -0.2) is 0 Å². The van der Waals surface area contributed by atoms with Crippen LogP contribution in [0.25, 0.3) is 0 Å². The van der Waals surface area contributed by atoms with Crippen LogP contribution in [0.3, 0.4) is 0 Å². The summed E-state index contributed by atoms with van der Waals surface area (Å²) in [5.74, 6) is 0.226. The fourth-order valence-electron chi connectivity index (χ4n) is 3.13. The van der Waals surface area contributed by atoms with E-state index >= 15 is 0 Å². The monoisotopic (exact) mass is 333 g/mol. The molecule has 6 heteroatoms. The van der Waals surface area contributed by atoms with Gasteiger partial charge in [-0.1, -0.05) is 25.7 Å². The second-order valence-corrected chi connectivity index (χ2v) is 6.42. The minimum Gasteiger partial charge on any atom is -0.355 e. The fourth-order valence-corrected chi connectivity index (χ4v) is 3.13. The van der Waals surface area contributed by atoms with E-state index in [9.17, 15) is 9.59 Å². The molecule has 1 rings (SSSR count). The first-order valence-electron chi connectivity index (χ1n) is 8.20. The van der Waals surface area contributed by atoms with Crippen molar-refractivity contribution in [1.82, 2.24) is 10.2 Å². The fraction of sp³-hybridized carbons (Fsp3) is 0.875. The standard InChI is InChI=1S/C16H31N3O2.ClH/c1-19(2)15(21)16(10-6-7-11-16)13-18-14(20)9-5-3-4-8-12-17;/h3-13,17H2,1-2H3,(H,18,20);1H. The van der Waals surface area contributed by atoms with Crippen LogP contribution in [0.4, 0.5) is 0 Å². The number of hydrogen-bond acceptors (Lipinski definition) is 3. The van der Waals surface area contributed by atoms with Crippen LogP contribution in [0, 0.1) is 5.41 Å². The van der Waals surface area contributed by atoms with Gasteiger partial charge in [-0.2, -0.15) is 0 Å². The van der Waals surface area contributed by atoms with Crippen LogP contribution in [-0.2, 0) is 9.59 Å². The maximum absolute atomic E-state index is 12.4. The van der Waals surface area contributed by atoms with Gasteiger partial charge in [0, 0.05) is 27.1 Å². The summed E-state index contributed by atoms with van der Waals surface area (Å²) < 4.78 is 0. The quantitative estimate of drug-likeness (QED) is 0.634. The van der Waals surface area contributed by atoms with Crippen LogP contribution in [0.5, 0.6) is 0 Å². The number of carbonyl (C=O) groups is 2. The highest BCUT2D eigenvalue weighted by molar-refractivity contribution is 5.85. The van der Waals surface area contributed by atoms with Crippen molar-refractivity contribution < 1.29 is 9.59 Å². The van der Waals surface area contributed by atoms with Crippen LogP contribution < -0.4 is 11.1 Å². The Labute approximate surface area is 140 Å². The van der Waals surface area contributed by atoms with Crippen LogP contribution in [-0.4, -0.2) is 43.9 Å². The zero-order chi connectivity index (χ0) is 15.7. The van der Waals surface area contributed by atoms with Gasteiger partial charge in [0.25, 0.3) is 0 Å². The average molecular weight is 334 g/mol. The number of halogens is 1. The molecular formula is C16H32ClN3O2. The van der Waals surface area contributed by atoms with E-state index in [2.05, 4.69) is 5.32 Å². The Morgan fingerprint density at radius 1 is 1.09 bits per heavy atom. The molecule has 0 spiro atoms. The van der Waals surface area contributed by atoms with E-state index in [1.165, 1.54) is 0 Å². The van der Waals surface area contributed by atoms with Crippen molar-refractivity contribution in [3.8, 4) is 0 Å². The number of amides is 2.